The molecule has 0 aliphatic carbocycles. The fourth-order valence-electron chi connectivity index (χ4n) is 0.986. The molecule has 0 amide bonds. The topological polar surface area (TPSA) is 30.0 Å². The Labute approximate surface area is 81.9 Å². The zero-order valence-corrected chi connectivity index (χ0v) is 9.31. The molecule has 0 spiro atoms. The predicted octanol–water partition coefficient (Wildman–Crippen LogP) is 2.12. The fraction of sp³-hybridized carbons (Fsp3) is 0.500. The smallest absolute Gasteiger partial charge is 0.0571 e. The SMILES string of the molecule is CS(=O)c1cncc(C(C)(C)C)c1. The van der Waals surface area contributed by atoms with Gasteiger partial charge in [0.1, 0.15) is 0 Å². The van der Waals surface area contributed by atoms with Crippen molar-refractivity contribution < 1.29 is 4.21 Å². The van der Waals surface area contributed by atoms with Crippen molar-refractivity contribution in [3.05, 3.63) is 24.0 Å². The molecule has 0 bridgehead atoms. The highest BCUT2D eigenvalue weighted by atomic mass is 32.2. The summed E-state index contributed by atoms with van der Waals surface area (Å²) in [6, 6.07) is 1.96. The molecule has 0 saturated heterocycles. The van der Waals surface area contributed by atoms with Crippen LogP contribution in [-0.2, 0) is 16.2 Å². The summed E-state index contributed by atoms with van der Waals surface area (Å²) in [6.45, 7) is 6.35. The fourth-order valence-corrected chi connectivity index (χ4v) is 1.49. The van der Waals surface area contributed by atoms with Crippen molar-refractivity contribution in [2.45, 2.75) is 31.1 Å². The minimum atomic E-state index is -0.937. The first-order valence-corrected chi connectivity index (χ1v) is 5.76. The van der Waals surface area contributed by atoms with Crippen LogP contribution in [0.3, 0.4) is 0 Å². The molecule has 13 heavy (non-hydrogen) atoms. The molecule has 0 saturated carbocycles. The molecule has 2 nitrogen and oxygen atoms in total. The first kappa shape index (κ1) is 10.4. The number of hydrogen-bond donors (Lipinski definition) is 0. The highest BCUT2D eigenvalue weighted by molar-refractivity contribution is 7.84. The molecule has 0 N–H and O–H groups in total. The van der Waals surface area contributed by atoms with Crippen LogP contribution in [-0.4, -0.2) is 15.4 Å². The molecule has 0 aliphatic heterocycles. The Morgan fingerprint density at radius 1 is 1.31 bits per heavy atom. The third kappa shape index (κ3) is 2.62. The van der Waals surface area contributed by atoms with Gasteiger partial charge < -0.3 is 0 Å². The molecular formula is C10H15NOS. The van der Waals surface area contributed by atoms with Crippen molar-refractivity contribution in [3.8, 4) is 0 Å². The lowest BCUT2D eigenvalue weighted by atomic mass is 9.88. The highest BCUT2D eigenvalue weighted by Gasteiger charge is 2.14. The van der Waals surface area contributed by atoms with E-state index >= 15 is 0 Å². The molecule has 72 valence electrons. The Bertz CT molecular complexity index is 328. The van der Waals surface area contributed by atoms with Gasteiger partial charge in [-0.05, 0) is 17.0 Å². The van der Waals surface area contributed by atoms with Gasteiger partial charge in [0.15, 0.2) is 0 Å². The second kappa shape index (κ2) is 3.58. The third-order valence-corrected chi connectivity index (χ3v) is 2.80. The molecule has 0 aliphatic rings. The van der Waals surface area contributed by atoms with Gasteiger partial charge in [0.05, 0.1) is 15.7 Å². The summed E-state index contributed by atoms with van der Waals surface area (Å²) in [6.07, 6.45) is 5.16. The van der Waals surface area contributed by atoms with E-state index in [1.165, 1.54) is 0 Å². The van der Waals surface area contributed by atoms with Gasteiger partial charge in [0.25, 0.3) is 0 Å². The van der Waals surface area contributed by atoms with Gasteiger partial charge in [0.2, 0.25) is 0 Å². The number of aromatic nitrogens is 1. The van der Waals surface area contributed by atoms with Gasteiger partial charge in [-0.3, -0.25) is 9.19 Å². The van der Waals surface area contributed by atoms with Crippen LogP contribution in [0, 0.1) is 0 Å². The summed E-state index contributed by atoms with van der Waals surface area (Å²) in [5.74, 6) is 0. The minimum absolute atomic E-state index is 0.0718. The Balaban J connectivity index is 3.13. The molecule has 1 heterocycles. The normalized spacial score (nSPS) is 14.2. The standard InChI is InChI=1S/C10H15NOS/c1-10(2,3)8-5-9(13(4)12)7-11-6-8/h5-7H,1-4H3. The first-order chi connectivity index (χ1) is 5.91. The number of nitrogens with zero attached hydrogens (tertiary/aromatic N) is 1. The molecule has 1 aromatic heterocycles. The van der Waals surface area contributed by atoms with Crippen molar-refractivity contribution in [2.75, 3.05) is 6.26 Å². The zero-order valence-electron chi connectivity index (χ0n) is 8.50. The van der Waals surface area contributed by atoms with Gasteiger partial charge >= 0.3 is 0 Å². The van der Waals surface area contributed by atoms with Gasteiger partial charge in [0, 0.05) is 18.6 Å². The molecule has 0 fully saturated rings. The second-order valence-electron chi connectivity index (χ2n) is 4.11. The van der Waals surface area contributed by atoms with Crippen LogP contribution in [0.25, 0.3) is 0 Å². The van der Waals surface area contributed by atoms with E-state index in [9.17, 15) is 4.21 Å². The molecule has 1 aromatic rings. The minimum Gasteiger partial charge on any atom is -0.263 e. The molecular weight excluding hydrogens is 182 g/mol. The van der Waals surface area contributed by atoms with E-state index in [0.717, 1.165) is 10.5 Å². The second-order valence-corrected chi connectivity index (χ2v) is 5.49. The summed E-state index contributed by atoms with van der Waals surface area (Å²) in [5, 5.41) is 0. The average molecular weight is 197 g/mol. The quantitative estimate of drug-likeness (QED) is 0.690. The van der Waals surface area contributed by atoms with Crippen LogP contribution < -0.4 is 0 Å². The Kier molecular flexibility index (Phi) is 2.86. The van der Waals surface area contributed by atoms with E-state index in [0.29, 0.717) is 0 Å². The van der Waals surface area contributed by atoms with Gasteiger partial charge in [-0.2, -0.15) is 0 Å². The Morgan fingerprint density at radius 2 is 1.92 bits per heavy atom. The van der Waals surface area contributed by atoms with E-state index in [1.54, 1.807) is 12.5 Å². The number of rotatable bonds is 1. The van der Waals surface area contributed by atoms with Crippen LogP contribution in [0.2, 0.25) is 0 Å². The average Bonchev–Trinajstić information content (AvgIpc) is 2.03. The summed E-state index contributed by atoms with van der Waals surface area (Å²) >= 11 is 0. The Morgan fingerprint density at radius 3 is 2.38 bits per heavy atom. The van der Waals surface area contributed by atoms with Crippen molar-refractivity contribution >= 4 is 10.8 Å². The summed E-state index contributed by atoms with van der Waals surface area (Å²) in [7, 11) is -0.937. The van der Waals surface area contributed by atoms with E-state index < -0.39 is 10.8 Å². The highest BCUT2D eigenvalue weighted by Crippen LogP contribution is 2.22. The lowest BCUT2D eigenvalue weighted by Crippen LogP contribution is -2.11. The monoisotopic (exact) mass is 197 g/mol. The largest absolute Gasteiger partial charge is 0.263 e. The van der Waals surface area contributed by atoms with E-state index in [-0.39, 0.29) is 5.41 Å². The molecule has 1 rings (SSSR count). The molecule has 0 aromatic carbocycles. The van der Waals surface area contributed by atoms with Crippen molar-refractivity contribution in [1.82, 2.24) is 4.98 Å². The number of hydrogen-bond acceptors (Lipinski definition) is 2. The van der Waals surface area contributed by atoms with Gasteiger partial charge in [-0.25, -0.2) is 0 Å². The van der Waals surface area contributed by atoms with Gasteiger partial charge in [-0.1, -0.05) is 20.8 Å². The molecule has 1 unspecified atom stereocenters. The first-order valence-electron chi connectivity index (χ1n) is 4.20. The Hall–Kier alpha value is -0.700. The zero-order chi connectivity index (χ0) is 10.1. The van der Waals surface area contributed by atoms with Crippen LogP contribution >= 0.6 is 0 Å². The molecule has 0 radical (unpaired) electrons. The maximum atomic E-state index is 11.2. The van der Waals surface area contributed by atoms with E-state index in [1.807, 2.05) is 12.3 Å². The van der Waals surface area contributed by atoms with E-state index in [4.69, 9.17) is 0 Å². The lowest BCUT2D eigenvalue weighted by Gasteiger charge is -2.18. The van der Waals surface area contributed by atoms with Crippen LogP contribution in [0.1, 0.15) is 26.3 Å². The summed E-state index contributed by atoms with van der Waals surface area (Å²) in [4.78, 5) is 4.88. The predicted molar refractivity (Wildman–Crippen MR) is 55.3 cm³/mol. The van der Waals surface area contributed by atoms with Crippen LogP contribution in [0.4, 0.5) is 0 Å². The maximum absolute atomic E-state index is 11.2. The number of pyridine rings is 1. The summed E-state index contributed by atoms with van der Waals surface area (Å²) < 4.78 is 11.2. The van der Waals surface area contributed by atoms with Crippen molar-refractivity contribution in [1.29, 1.82) is 0 Å². The maximum Gasteiger partial charge on any atom is 0.0571 e. The molecule has 3 heteroatoms. The third-order valence-electron chi connectivity index (χ3n) is 1.91. The van der Waals surface area contributed by atoms with Crippen molar-refractivity contribution in [3.63, 3.8) is 0 Å². The molecule has 1 atom stereocenters. The van der Waals surface area contributed by atoms with Crippen LogP contribution in [0.15, 0.2) is 23.4 Å². The lowest BCUT2D eigenvalue weighted by molar-refractivity contribution is 0.585. The van der Waals surface area contributed by atoms with Crippen LogP contribution in [0.5, 0.6) is 0 Å². The van der Waals surface area contributed by atoms with Gasteiger partial charge in [-0.15, -0.1) is 0 Å². The summed E-state index contributed by atoms with van der Waals surface area (Å²) in [5.41, 5.74) is 1.20. The van der Waals surface area contributed by atoms with Crippen molar-refractivity contribution in [2.24, 2.45) is 0 Å². The van der Waals surface area contributed by atoms with E-state index in [2.05, 4.69) is 25.8 Å².